The van der Waals surface area contributed by atoms with Crippen LogP contribution in [0.15, 0.2) is 71.7 Å². The van der Waals surface area contributed by atoms with Gasteiger partial charge in [-0.3, -0.25) is 4.79 Å². The number of amides is 1. The normalized spacial score (nSPS) is 16.0. The van der Waals surface area contributed by atoms with E-state index in [4.69, 9.17) is 14.5 Å². The number of hydrogen-bond acceptors (Lipinski definition) is 6. The molecule has 7 nitrogen and oxygen atoms in total. The lowest BCUT2D eigenvalue weighted by atomic mass is 9.84. The van der Waals surface area contributed by atoms with Crippen molar-refractivity contribution in [3.05, 3.63) is 83.7 Å². The van der Waals surface area contributed by atoms with E-state index in [-0.39, 0.29) is 11.7 Å². The number of piperidine rings is 1. The Morgan fingerprint density at radius 3 is 2.47 bits per heavy atom. The van der Waals surface area contributed by atoms with E-state index < -0.39 is 5.54 Å². The molecule has 0 aliphatic carbocycles. The van der Waals surface area contributed by atoms with Crippen molar-refractivity contribution in [2.45, 2.75) is 24.9 Å². The van der Waals surface area contributed by atoms with Crippen LogP contribution < -0.4 is 20.1 Å². The van der Waals surface area contributed by atoms with Gasteiger partial charge in [-0.25, -0.2) is 9.38 Å². The first-order valence-electron chi connectivity index (χ1n) is 12.0. The molecule has 186 valence electrons. The van der Waals surface area contributed by atoms with Gasteiger partial charge in [-0.05, 0) is 60.9 Å². The van der Waals surface area contributed by atoms with E-state index in [1.807, 2.05) is 29.2 Å². The maximum Gasteiger partial charge on any atom is 0.253 e. The van der Waals surface area contributed by atoms with Crippen molar-refractivity contribution in [1.29, 1.82) is 0 Å². The van der Waals surface area contributed by atoms with E-state index in [1.54, 1.807) is 44.6 Å². The highest BCUT2D eigenvalue weighted by Crippen LogP contribution is 2.38. The predicted octanol–water partition coefficient (Wildman–Crippen LogP) is 4.76. The summed E-state index contributed by atoms with van der Waals surface area (Å²) in [5.74, 6) is 1.66. The summed E-state index contributed by atoms with van der Waals surface area (Å²) >= 11 is 0. The van der Waals surface area contributed by atoms with Gasteiger partial charge in [0.2, 0.25) is 0 Å². The van der Waals surface area contributed by atoms with Gasteiger partial charge < -0.3 is 25.0 Å². The van der Waals surface area contributed by atoms with Crippen LogP contribution in [0.25, 0.3) is 0 Å². The Hall–Kier alpha value is -4.07. The van der Waals surface area contributed by atoms with Gasteiger partial charge in [-0.1, -0.05) is 24.3 Å². The van der Waals surface area contributed by atoms with Crippen LogP contribution in [0, 0.1) is 5.82 Å². The third kappa shape index (κ3) is 4.58. The number of nitrogens with zero attached hydrogens (tertiary/aromatic N) is 2. The van der Waals surface area contributed by atoms with Crippen LogP contribution in [0.4, 0.5) is 15.8 Å². The smallest absolute Gasteiger partial charge is 0.253 e. The van der Waals surface area contributed by atoms with Crippen molar-refractivity contribution in [3.63, 3.8) is 0 Å². The predicted molar refractivity (Wildman–Crippen MR) is 138 cm³/mol. The van der Waals surface area contributed by atoms with Crippen LogP contribution in [-0.4, -0.2) is 49.5 Å². The van der Waals surface area contributed by atoms with Crippen LogP contribution in [0.5, 0.6) is 11.5 Å². The summed E-state index contributed by atoms with van der Waals surface area (Å²) in [6.45, 7) is 1.66. The molecule has 36 heavy (non-hydrogen) atoms. The fourth-order valence-corrected chi connectivity index (χ4v) is 4.82. The molecule has 3 aromatic rings. The standard InChI is InChI=1S/C28H29FN4O3/c1-35-24-12-9-20(17-25(24)36-2)26(34)33-15-13-28(14-16-33)27(30-18-19-7-10-21(29)11-8-19)31-22-5-3-4-6-23(22)32-28/h3-12,17,32H,13-16,18H2,1-2H3,(H,30,31). The molecule has 2 N–H and O–H groups in total. The van der Waals surface area contributed by atoms with Crippen molar-refractivity contribution in [2.75, 3.05) is 32.6 Å². The van der Waals surface area contributed by atoms with Gasteiger partial charge >= 0.3 is 0 Å². The number of fused-ring (bicyclic) bond motifs is 1. The molecule has 8 heteroatoms. The number of likely N-dealkylation sites (tertiary alicyclic amines) is 1. The van der Waals surface area contributed by atoms with E-state index in [0.29, 0.717) is 49.5 Å². The lowest BCUT2D eigenvalue weighted by Crippen LogP contribution is -2.59. The number of carbonyl (C=O) groups is 1. The molecular formula is C28H29FN4O3. The Kier molecular flexibility index (Phi) is 6.50. The molecule has 0 radical (unpaired) electrons. The Bertz CT molecular complexity index is 1280. The highest BCUT2D eigenvalue weighted by molar-refractivity contribution is 6.01. The van der Waals surface area contributed by atoms with Crippen molar-refractivity contribution in [2.24, 2.45) is 4.99 Å². The minimum absolute atomic E-state index is 0.0419. The molecule has 2 aliphatic heterocycles. The van der Waals surface area contributed by atoms with Crippen molar-refractivity contribution >= 4 is 23.1 Å². The largest absolute Gasteiger partial charge is 0.493 e. The number of benzene rings is 3. The molecule has 3 aromatic carbocycles. The first kappa shape index (κ1) is 23.7. The number of aliphatic imine (C=N–C) groups is 1. The molecule has 5 rings (SSSR count). The quantitative estimate of drug-likeness (QED) is 0.542. The topological polar surface area (TPSA) is 75.2 Å². The summed E-state index contributed by atoms with van der Waals surface area (Å²) in [5, 5.41) is 7.21. The van der Waals surface area contributed by atoms with Crippen molar-refractivity contribution in [1.82, 2.24) is 10.2 Å². The Morgan fingerprint density at radius 1 is 1.03 bits per heavy atom. The molecule has 0 unspecified atom stereocenters. The molecular weight excluding hydrogens is 459 g/mol. The maximum absolute atomic E-state index is 13.3. The number of rotatable bonds is 5. The molecule has 2 aliphatic rings. The number of hydrogen-bond donors (Lipinski definition) is 2. The lowest BCUT2D eigenvalue weighted by molar-refractivity contribution is 0.0703. The molecule has 1 amide bonds. The second-order valence-corrected chi connectivity index (χ2v) is 9.03. The Morgan fingerprint density at radius 2 is 1.75 bits per heavy atom. The fourth-order valence-electron chi connectivity index (χ4n) is 4.82. The van der Waals surface area contributed by atoms with Gasteiger partial charge in [0.25, 0.3) is 5.91 Å². The van der Waals surface area contributed by atoms with Crippen molar-refractivity contribution in [3.8, 4) is 11.5 Å². The highest BCUT2D eigenvalue weighted by Gasteiger charge is 2.43. The average molecular weight is 489 g/mol. The van der Waals surface area contributed by atoms with Gasteiger partial charge in [-0.2, -0.15) is 0 Å². The third-order valence-corrected chi connectivity index (χ3v) is 6.87. The SMILES string of the molecule is COc1ccc(C(=O)N2CCC3(CC2)Nc2ccccc2N=C3NCc2ccc(F)cc2)cc1OC. The summed E-state index contributed by atoms with van der Waals surface area (Å²) in [6.07, 6.45) is 1.38. The number of anilines is 1. The average Bonchev–Trinajstić information content (AvgIpc) is 2.92. The van der Waals surface area contributed by atoms with E-state index in [2.05, 4.69) is 10.6 Å². The van der Waals surface area contributed by atoms with Crippen LogP contribution in [0.1, 0.15) is 28.8 Å². The molecule has 0 aromatic heterocycles. The number of carbonyl (C=O) groups excluding carboxylic acids is 1. The third-order valence-electron chi connectivity index (χ3n) is 6.87. The molecule has 1 spiro atoms. The summed E-state index contributed by atoms with van der Waals surface area (Å²) in [5.41, 5.74) is 2.95. The first-order valence-corrected chi connectivity index (χ1v) is 12.0. The second-order valence-electron chi connectivity index (χ2n) is 9.03. The summed E-state index contributed by atoms with van der Waals surface area (Å²) in [7, 11) is 3.13. The zero-order valence-corrected chi connectivity index (χ0v) is 20.4. The Labute approximate surface area is 209 Å². The van der Waals surface area contributed by atoms with E-state index in [0.717, 1.165) is 22.8 Å². The minimum atomic E-state index is -0.428. The molecule has 2 heterocycles. The number of ether oxygens (including phenoxy) is 2. The van der Waals surface area contributed by atoms with Crippen LogP contribution >= 0.6 is 0 Å². The van der Waals surface area contributed by atoms with Crippen LogP contribution in [-0.2, 0) is 6.54 Å². The summed E-state index contributed by atoms with van der Waals surface area (Å²) < 4.78 is 24.0. The highest BCUT2D eigenvalue weighted by atomic mass is 19.1. The summed E-state index contributed by atoms with van der Waals surface area (Å²) in [6, 6.07) is 19.6. The first-order chi connectivity index (χ1) is 17.5. The van der Waals surface area contributed by atoms with Crippen LogP contribution in [0.2, 0.25) is 0 Å². The molecule has 0 saturated carbocycles. The molecule has 1 fully saturated rings. The minimum Gasteiger partial charge on any atom is -0.493 e. The van der Waals surface area contributed by atoms with E-state index >= 15 is 0 Å². The molecule has 1 saturated heterocycles. The van der Waals surface area contributed by atoms with Crippen molar-refractivity contribution < 1.29 is 18.7 Å². The maximum atomic E-state index is 13.3. The molecule has 0 bridgehead atoms. The zero-order valence-electron chi connectivity index (χ0n) is 20.4. The zero-order chi connectivity index (χ0) is 25.1. The Balaban J connectivity index is 1.34. The number of nitrogens with one attached hydrogen (secondary N) is 2. The number of para-hydroxylation sites is 2. The number of methoxy groups -OCH3 is 2. The van der Waals surface area contributed by atoms with Gasteiger partial charge in [-0.15, -0.1) is 0 Å². The molecule has 0 atom stereocenters. The second kappa shape index (κ2) is 9.89. The van der Waals surface area contributed by atoms with E-state index in [1.165, 1.54) is 12.1 Å². The monoisotopic (exact) mass is 488 g/mol. The van der Waals surface area contributed by atoms with Crippen LogP contribution in [0.3, 0.4) is 0 Å². The number of amidine groups is 1. The van der Waals surface area contributed by atoms with Gasteiger partial charge in [0.15, 0.2) is 11.5 Å². The lowest BCUT2D eigenvalue weighted by Gasteiger charge is -2.45. The van der Waals surface area contributed by atoms with Gasteiger partial charge in [0.05, 0.1) is 31.1 Å². The van der Waals surface area contributed by atoms with Gasteiger partial charge in [0.1, 0.15) is 11.7 Å². The summed E-state index contributed by atoms with van der Waals surface area (Å²) in [4.78, 5) is 20.1. The van der Waals surface area contributed by atoms with Gasteiger partial charge in [0, 0.05) is 25.2 Å². The number of halogens is 1. The fraction of sp³-hybridized carbons (Fsp3) is 0.286. The van der Waals surface area contributed by atoms with E-state index in [9.17, 15) is 9.18 Å².